The Hall–Kier alpha value is -1.53. The predicted molar refractivity (Wildman–Crippen MR) is 71.3 cm³/mol. The fraction of sp³-hybridized carbons (Fsp3) is 0.462. The fourth-order valence-corrected chi connectivity index (χ4v) is 3.19. The van der Waals surface area contributed by atoms with E-state index in [2.05, 4.69) is 4.72 Å². The molecular weight excluding hydrogens is 299 g/mol. The number of ether oxygens (including phenoxy) is 1. The molecule has 0 aromatic heterocycles. The van der Waals surface area contributed by atoms with Gasteiger partial charge in [-0.1, -0.05) is 0 Å². The Bertz CT molecular complexity index is 686. The molecule has 0 radical (unpaired) electrons. The Kier molecular flexibility index (Phi) is 4.30. The maximum atomic E-state index is 13.2. The van der Waals surface area contributed by atoms with Crippen LogP contribution in [0.5, 0.6) is 0 Å². The lowest BCUT2D eigenvalue weighted by Crippen LogP contribution is -2.47. The number of nitrogens with zero attached hydrogens (tertiary/aromatic N) is 1. The minimum Gasteiger partial charge on any atom is -0.386 e. The van der Waals surface area contributed by atoms with E-state index >= 15 is 0 Å². The number of benzene rings is 1. The first-order valence-corrected chi connectivity index (χ1v) is 7.80. The highest BCUT2D eigenvalue weighted by atomic mass is 32.2. The second-order valence-electron chi connectivity index (χ2n) is 4.94. The fourth-order valence-electron chi connectivity index (χ4n) is 2.06. The van der Waals surface area contributed by atoms with Gasteiger partial charge < -0.3 is 9.84 Å². The van der Waals surface area contributed by atoms with Crippen molar-refractivity contribution >= 4 is 10.0 Å². The standard InChI is InChI=1S/C13H15FN2O4S/c1-9-13(17,4-5-20-9)8-16-21(18,19)11-2-3-12(14)10(6-11)7-15/h2-3,6,9,16-17H,4-5,8H2,1H3. The summed E-state index contributed by atoms with van der Waals surface area (Å²) in [6.07, 6.45) is -0.160. The molecule has 0 spiro atoms. The molecule has 0 aliphatic carbocycles. The summed E-state index contributed by atoms with van der Waals surface area (Å²) in [5.74, 6) is -0.784. The van der Waals surface area contributed by atoms with Gasteiger partial charge in [0.25, 0.3) is 0 Å². The zero-order valence-electron chi connectivity index (χ0n) is 11.3. The first-order valence-electron chi connectivity index (χ1n) is 6.32. The van der Waals surface area contributed by atoms with Crippen molar-refractivity contribution in [2.75, 3.05) is 13.2 Å². The number of hydrogen-bond donors (Lipinski definition) is 2. The predicted octanol–water partition coefficient (Wildman–Crippen LogP) is 0.516. The van der Waals surface area contributed by atoms with Crippen LogP contribution in [0.2, 0.25) is 0 Å². The van der Waals surface area contributed by atoms with Crippen molar-refractivity contribution in [1.29, 1.82) is 5.26 Å². The highest BCUT2D eigenvalue weighted by Gasteiger charge is 2.40. The van der Waals surface area contributed by atoms with Crippen molar-refractivity contribution in [2.45, 2.75) is 29.9 Å². The van der Waals surface area contributed by atoms with E-state index in [4.69, 9.17) is 10.00 Å². The average molecular weight is 314 g/mol. The monoisotopic (exact) mass is 314 g/mol. The van der Waals surface area contributed by atoms with Crippen molar-refractivity contribution in [2.24, 2.45) is 0 Å². The summed E-state index contributed by atoms with van der Waals surface area (Å²) in [5.41, 5.74) is -1.63. The summed E-state index contributed by atoms with van der Waals surface area (Å²) in [6.45, 7) is 1.80. The van der Waals surface area contributed by atoms with Crippen LogP contribution < -0.4 is 4.72 Å². The SMILES string of the molecule is CC1OCCC1(O)CNS(=O)(=O)c1ccc(F)c(C#N)c1. The first kappa shape index (κ1) is 15.9. The molecule has 1 aliphatic heterocycles. The molecule has 2 rings (SSSR count). The number of sulfonamides is 1. The van der Waals surface area contributed by atoms with Crippen LogP contribution in [0, 0.1) is 17.1 Å². The second kappa shape index (κ2) is 5.69. The number of nitriles is 1. The molecule has 1 heterocycles. The zero-order valence-corrected chi connectivity index (χ0v) is 12.2. The van der Waals surface area contributed by atoms with E-state index in [9.17, 15) is 17.9 Å². The summed E-state index contributed by atoms with van der Waals surface area (Å²) < 4.78 is 44.9. The molecule has 0 amide bonds. The molecule has 6 nitrogen and oxygen atoms in total. The third-order valence-electron chi connectivity index (χ3n) is 3.60. The molecule has 1 aromatic carbocycles. The second-order valence-corrected chi connectivity index (χ2v) is 6.71. The zero-order chi connectivity index (χ0) is 15.7. The van der Waals surface area contributed by atoms with Crippen LogP contribution in [0.1, 0.15) is 18.9 Å². The number of rotatable bonds is 4. The van der Waals surface area contributed by atoms with Gasteiger partial charge in [0.2, 0.25) is 10.0 Å². The van der Waals surface area contributed by atoms with Gasteiger partial charge in [0.15, 0.2) is 0 Å². The highest BCUT2D eigenvalue weighted by molar-refractivity contribution is 7.89. The highest BCUT2D eigenvalue weighted by Crippen LogP contribution is 2.25. The Labute approximate surface area is 122 Å². The normalized spacial score (nSPS) is 25.7. The number of aliphatic hydroxyl groups is 1. The third-order valence-corrected chi connectivity index (χ3v) is 5.00. The molecular formula is C13H15FN2O4S. The lowest BCUT2D eigenvalue weighted by Gasteiger charge is -2.26. The van der Waals surface area contributed by atoms with Crippen LogP contribution in [0.15, 0.2) is 23.1 Å². The molecule has 1 fully saturated rings. The lowest BCUT2D eigenvalue weighted by atomic mass is 9.97. The third kappa shape index (κ3) is 3.22. The van der Waals surface area contributed by atoms with Crippen molar-refractivity contribution in [3.8, 4) is 6.07 Å². The van der Waals surface area contributed by atoms with Crippen LogP contribution in [0.25, 0.3) is 0 Å². The molecule has 2 N–H and O–H groups in total. The van der Waals surface area contributed by atoms with E-state index in [0.29, 0.717) is 13.0 Å². The van der Waals surface area contributed by atoms with Gasteiger partial charge in [-0.15, -0.1) is 0 Å². The lowest BCUT2D eigenvalue weighted by molar-refractivity contribution is -0.0228. The number of nitrogens with one attached hydrogen (secondary N) is 1. The summed E-state index contributed by atoms with van der Waals surface area (Å²) in [6, 6.07) is 4.52. The van der Waals surface area contributed by atoms with Crippen molar-refractivity contribution in [3.63, 3.8) is 0 Å². The summed E-state index contributed by atoms with van der Waals surface area (Å²) in [5, 5.41) is 19.0. The average Bonchev–Trinajstić information content (AvgIpc) is 2.77. The van der Waals surface area contributed by atoms with E-state index in [1.54, 1.807) is 13.0 Å². The Morgan fingerprint density at radius 1 is 1.62 bits per heavy atom. The topological polar surface area (TPSA) is 99.4 Å². The van der Waals surface area contributed by atoms with Crippen LogP contribution >= 0.6 is 0 Å². The smallest absolute Gasteiger partial charge is 0.240 e. The Morgan fingerprint density at radius 3 is 2.90 bits per heavy atom. The van der Waals surface area contributed by atoms with Crippen molar-refractivity contribution in [3.05, 3.63) is 29.6 Å². The molecule has 0 saturated carbocycles. The molecule has 114 valence electrons. The van der Waals surface area contributed by atoms with Gasteiger partial charge in [-0.05, 0) is 25.1 Å². The number of halogens is 1. The van der Waals surface area contributed by atoms with Gasteiger partial charge in [-0.25, -0.2) is 17.5 Å². The van der Waals surface area contributed by atoms with E-state index in [1.165, 1.54) is 0 Å². The van der Waals surface area contributed by atoms with E-state index < -0.39 is 27.5 Å². The largest absolute Gasteiger partial charge is 0.386 e. The molecule has 21 heavy (non-hydrogen) atoms. The maximum Gasteiger partial charge on any atom is 0.240 e. The molecule has 1 aromatic rings. The van der Waals surface area contributed by atoms with Gasteiger partial charge in [0, 0.05) is 19.6 Å². The molecule has 0 bridgehead atoms. The Balaban J connectivity index is 2.18. The quantitative estimate of drug-likeness (QED) is 0.844. The van der Waals surface area contributed by atoms with Gasteiger partial charge in [0.05, 0.1) is 16.6 Å². The molecule has 2 atom stereocenters. The maximum absolute atomic E-state index is 13.2. The van der Waals surface area contributed by atoms with Gasteiger partial charge >= 0.3 is 0 Å². The molecule has 1 aliphatic rings. The van der Waals surface area contributed by atoms with Gasteiger partial charge in [0.1, 0.15) is 17.5 Å². The van der Waals surface area contributed by atoms with Crippen LogP contribution in [-0.2, 0) is 14.8 Å². The van der Waals surface area contributed by atoms with Crippen molar-refractivity contribution in [1.82, 2.24) is 4.72 Å². The summed E-state index contributed by atoms with van der Waals surface area (Å²) in [7, 11) is -3.94. The molecule has 1 saturated heterocycles. The Morgan fingerprint density at radius 2 is 2.33 bits per heavy atom. The summed E-state index contributed by atoms with van der Waals surface area (Å²) >= 11 is 0. The number of hydrogen-bond acceptors (Lipinski definition) is 5. The minimum absolute atomic E-state index is 0.213. The van der Waals surface area contributed by atoms with Crippen LogP contribution in [-0.4, -0.2) is 38.4 Å². The van der Waals surface area contributed by atoms with E-state index in [-0.39, 0.29) is 17.0 Å². The van der Waals surface area contributed by atoms with Gasteiger partial charge in [-0.3, -0.25) is 0 Å². The van der Waals surface area contributed by atoms with Crippen LogP contribution in [0.3, 0.4) is 0 Å². The minimum atomic E-state index is -3.94. The first-order chi connectivity index (χ1) is 9.78. The van der Waals surface area contributed by atoms with E-state index in [0.717, 1.165) is 18.2 Å². The molecule has 8 heteroatoms. The van der Waals surface area contributed by atoms with Crippen molar-refractivity contribution < 1.29 is 22.7 Å². The van der Waals surface area contributed by atoms with Crippen LogP contribution in [0.4, 0.5) is 4.39 Å². The molecule has 2 unspecified atom stereocenters. The van der Waals surface area contributed by atoms with Gasteiger partial charge in [-0.2, -0.15) is 5.26 Å². The summed E-state index contributed by atoms with van der Waals surface area (Å²) in [4.78, 5) is -0.226. The van der Waals surface area contributed by atoms with E-state index in [1.807, 2.05) is 0 Å².